The lowest BCUT2D eigenvalue weighted by molar-refractivity contribution is 0.0643. The van der Waals surface area contributed by atoms with E-state index in [0.717, 1.165) is 55.6 Å². The third-order valence-corrected chi connectivity index (χ3v) is 4.92. The number of anilines is 2. The second-order valence-electron chi connectivity index (χ2n) is 6.67. The summed E-state index contributed by atoms with van der Waals surface area (Å²) in [6.45, 7) is 7.65. The third kappa shape index (κ3) is 3.98. The summed E-state index contributed by atoms with van der Waals surface area (Å²) in [5, 5.41) is 3.29. The minimum absolute atomic E-state index is 0.0316. The number of pyridine rings is 1. The Kier molecular flexibility index (Phi) is 5.11. The largest absolute Gasteiger partial charge is 0.486 e. The minimum atomic E-state index is 0.0316. The van der Waals surface area contributed by atoms with Crippen molar-refractivity contribution in [3.63, 3.8) is 0 Å². The first kappa shape index (κ1) is 17.6. The zero-order valence-corrected chi connectivity index (χ0v) is 15.5. The number of hydrogen-bond donors (Lipinski definition) is 1. The van der Waals surface area contributed by atoms with Gasteiger partial charge in [-0.25, -0.2) is 0 Å². The number of nitrogens with one attached hydrogen (secondary N) is 1. The fourth-order valence-corrected chi connectivity index (χ4v) is 3.36. The molecule has 0 atom stereocenters. The summed E-state index contributed by atoms with van der Waals surface area (Å²) in [4.78, 5) is 21.3. The molecular weight excluding hydrogens is 344 g/mol. The number of likely N-dealkylation sites (N-methyl/N-ethyl adjacent to an activating group) is 1. The molecule has 1 amide bonds. The zero-order valence-electron chi connectivity index (χ0n) is 15.5. The van der Waals surface area contributed by atoms with Gasteiger partial charge in [0.15, 0.2) is 11.5 Å². The first-order chi connectivity index (χ1) is 13.2. The Morgan fingerprint density at radius 1 is 1.04 bits per heavy atom. The summed E-state index contributed by atoms with van der Waals surface area (Å²) in [6.07, 6.45) is 3.34. The topological polar surface area (TPSA) is 66.9 Å². The van der Waals surface area contributed by atoms with Crippen molar-refractivity contribution < 1.29 is 14.3 Å². The average molecular weight is 368 g/mol. The number of hydrogen-bond acceptors (Lipinski definition) is 6. The van der Waals surface area contributed by atoms with E-state index in [4.69, 9.17) is 9.47 Å². The average Bonchev–Trinajstić information content (AvgIpc) is 2.73. The van der Waals surface area contributed by atoms with Crippen molar-refractivity contribution in [1.29, 1.82) is 0 Å². The van der Waals surface area contributed by atoms with Gasteiger partial charge in [-0.05, 0) is 24.7 Å². The molecule has 0 spiro atoms. The van der Waals surface area contributed by atoms with Gasteiger partial charge in [0.2, 0.25) is 0 Å². The van der Waals surface area contributed by atoms with Crippen LogP contribution in [0.4, 0.5) is 11.4 Å². The standard InChI is InChI=1S/C20H24N4O3/c1-2-23-5-7-24(8-6-23)20(25)15-11-17(14-21-13-15)22-16-3-4-18-19(12-16)27-10-9-26-18/h3-4,11-14,22H,2,5-10H2,1H3. The molecule has 4 rings (SSSR count). The number of aromatic nitrogens is 1. The monoisotopic (exact) mass is 368 g/mol. The highest BCUT2D eigenvalue weighted by Crippen LogP contribution is 2.33. The van der Waals surface area contributed by atoms with Crippen molar-refractivity contribution in [2.24, 2.45) is 0 Å². The minimum Gasteiger partial charge on any atom is -0.486 e. The number of amides is 1. The highest BCUT2D eigenvalue weighted by molar-refractivity contribution is 5.95. The molecule has 0 bridgehead atoms. The Hall–Kier alpha value is -2.80. The molecule has 7 heteroatoms. The number of benzene rings is 1. The normalized spacial score (nSPS) is 16.9. The number of piperazine rings is 1. The lowest BCUT2D eigenvalue weighted by Crippen LogP contribution is -2.48. The molecule has 142 valence electrons. The van der Waals surface area contributed by atoms with Crippen molar-refractivity contribution >= 4 is 17.3 Å². The number of ether oxygens (including phenoxy) is 2. The van der Waals surface area contributed by atoms with Crippen LogP contribution in [0.5, 0.6) is 11.5 Å². The number of nitrogens with zero attached hydrogens (tertiary/aromatic N) is 3. The molecule has 2 aromatic rings. The zero-order chi connectivity index (χ0) is 18.6. The second-order valence-corrected chi connectivity index (χ2v) is 6.67. The molecule has 1 aromatic carbocycles. The van der Waals surface area contributed by atoms with Crippen LogP contribution in [0.1, 0.15) is 17.3 Å². The van der Waals surface area contributed by atoms with E-state index in [1.165, 1.54) is 0 Å². The molecule has 1 N–H and O–H groups in total. The van der Waals surface area contributed by atoms with Gasteiger partial charge in [0.05, 0.1) is 17.4 Å². The number of rotatable bonds is 4. The van der Waals surface area contributed by atoms with Crippen molar-refractivity contribution in [3.8, 4) is 11.5 Å². The summed E-state index contributed by atoms with van der Waals surface area (Å²) < 4.78 is 11.2. The SMILES string of the molecule is CCN1CCN(C(=O)c2cncc(Nc3ccc4c(c3)OCCO4)c2)CC1. The van der Waals surface area contributed by atoms with Crippen LogP contribution in [0.3, 0.4) is 0 Å². The predicted molar refractivity (Wildman–Crippen MR) is 103 cm³/mol. The van der Waals surface area contributed by atoms with Crippen LogP contribution in [0, 0.1) is 0 Å². The Morgan fingerprint density at radius 2 is 1.81 bits per heavy atom. The van der Waals surface area contributed by atoms with Crippen LogP contribution < -0.4 is 14.8 Å². The molecule has 27 heavy (non-hydrogen) atoms. The van der Waals surface area contributed by atoms with E-state index in [1.807, 2.05) is 29.2 Å². The Bertz CT molecular complexity index is 819. The molecule has 2 aliphatic heterocycles. The van der Waals surface area contributed by atoms with E-state index < -0.39 is 0 Å². The highest BCUT2D eigenvalue weighted by Gasteiger charge is 2.21. The van der Waals surface area contributed by atoms with Crippen molar-refractivity contribution in [2.45, 2.75) is 6.92 Å². The number of fused-ring (bicyclic) bond motifs is 1. The number of carbonyl (C=O) groups excluding carboxylic acids is 1. The van der Waals surface area contributed by atoms with Crippen LogP contribution in [-0.2, 0) is 0 Å². The summed E-state index contributed by atoms with van der Waals surface area (Å²) in [5.41, 5.74) is 2.23. The van der Waals surface area contributed by atoms with Gasteiger partial charge in [-0.2, -0.15) is 0 Å². The maximum atomic E-state index is 12.8. The van der Waals surface area contributed by atoms with Crippen LogP contribution in [0.2, 0.25) is 0 Å². The van der Waals surface area contributed by atoms with E-state index in [0.29, 0.717) is 18.8 Å². The third-order valence-electron chi connectivity index (χ3n) is 4.92. The summed E-state index contributed by atoms with van der Waals surface area (Å²) in [5.74, 6) is 1.50. The van der Waals surface area contributed by atoms with Crippen LogP contribution in [-0.4, -0.2) is 66.6 Å². The van der Waals surface area contributed by atoms with E-state index in [-0.39, 0.29) is 5.91 Å². The number of carbonyl (C=O) groups is 1. The molecule has 0 radical (unpaired) electrons. The van der Waals surface area contributed by atoms with Crippen LogP contribution in [0.25, 0.3) is 0 Å². The molecule has 0 unspecified atom stereocenters. The Balaban J connectivity index is 1.45. The van der Waals surface area contributed by atoms with Gasteiger partial charge in [0.1, 0.15) is 13.2 Å². The van der Waals surface area contributed by atoms with Crippen molar-refractivity contribution in [1.82, 2.24) is 14.8 Å². The maximum absolute atomic E-state index is 12.8. The maximum Gasteiger partial charge on any atom is 0.255 e. The quantitative estimate of drug-likeness (QED) is 0.894. The second kappa shape index (κ2) is 7.84. The first-order valence-corrected chi connectivity index (χ1v) is 9.36. The molecular formula is C20H24N4O3. The van der Waals surface area contributed by atoms with E-state index in [2.05, 4.69) is 22.1 Å². The molecule has 1 fully saturated rings. The summed E-state index contributed by atoms with van der Waals surface area (Å²) in [6, 6.07) is 7.55. The van der Waals surface area contributed by atoms with Crippen molar-refractivity contribution in [3.05, 3.63) is 42.2 Å². The molecule has 2 aliphatic rings. The van der Waals surface area contributed by atoms with E-state index >= 15 is 0 Å². The van der Waals surface area contributed by atoms with Crippen LogP contribution in [0.15, 0.2) is 36.7 Å². The predicted octanol–water partition coefficient (Wildman–Crippen LogP) is 2.37. The molecule has 0 aliphatic carbocycles. The van der Waals surface area contributed by atoms with Gasteiger partial charge in [-0.3, -0.25) is 9.78 Å². The Morgan fingerprint density at radius 3 is 2.59 bits per heavy atom. The molecule has 1 saturated heterocycles. The lowest BCUT2D eigenvalue weighted by Gasteiger charge is -2.34. The Labute approximate surface area is 158 Å². The first-order valence-electron chi connectivity index (χ1n) is 9.36. The molecule has 7 nitrogen and oxygen atoms in total. The lowest BCUT2D eigenvalue weighted by atomic mass is 10.2. The van der Waals surface area contributed by atoms with Gasteiger partial charge in [0.25, 0.3) is 5.91 Å². The van der Waals surface area contributed by atoms with Crippen LogP contribution >= 0.6 is 0 Å². The van der Waals surface area contributed by atoms with Gasteiger partial charge in [-0.1, -0.05) is 6.92 Å². The van der Waals surface area contributed by atoms with E-state index in [9.17, 15) is 4.79 Å². The fourth-order valence-electron chi connectivity index (χ4n) is 3.36. The molecule has 1 aromatic heterocycles. The van der Waals surface area contributed by atoms with Gasteiger partial charge in [0, 0.05) is 44.1 Å². The fraction of sp³-hybridized carbons (Fsp3) is 0.400. The molecule has 3 heterocycles. The smallest absolute Gasteiger partial charge is 0.255 e. The van der Waals surface area contributed by atoms with Gasteiger partial charge >= 0.3 is 0 Å². The summed E-state index contributed by atoms with van der Waals surface area (Å²) in [7, 11) is 0. The van der Waals surface area contributed by atoms with Crippen molar-refractivity contribution in [2.75, 3.05) is 51.3 Å². The molecule has 0 saturated carbocycles. The summed E-state index contributed by atoms with van der Waals surface area (Å²) >= 11 is 0. The van der Waals surface area contributed by atoms with Gasteiger partial charge in [-0.15, -0.1) is 0 Å². The van der Waals surface area contributed by atoms with Gasteiger partial charge < -0.3 is 24.6 Å². The van der Waals surface area contributed by atoms with E-state index in [1.54, 1.807) is 12.4 Å². The highest BCUT2D eigenvalue weighted by atomic mass is 16.6.